The summed E-state index contributed by atoms with van der Waals surface area (Å²) in [5.41, 5.74) is 2.26. The van der Waals surface area contributed by atoms with Gasteiger partial charge in [0.2, 0.25) is 6.79 Å². The molecule has 0 bridgehead atoms. The van der Waals surface area contributed by atoms with E-state index in [0.29, 0.717) is 28.4 Å². The molecule has 1 aromatic heterocycles. The molecule has 2 aromatic carbocycles. The van der Waals surface area contributed by atoms with E-state index in [0.717, 1.165) is 16.5 Å². The van der Waals surface area contributed by atoms with Crippen LogP contribution >= 0.6 is 0 Å². The number of ether oxygens (including phenoxy) is 3. The summed E-state index contributed by atoms with van der Waals surface area (Å²) in [6, 6.07) is 10.9. The van der Waals surface area contributed by atoms with Gasteiger partial charge in [-0.25, -0.2) is 4.79 Å². The minimum Gasteiger partial charge on any atom is -0.497 e. The van der Waals surface area contributed by atoms with Crippen LogP contribution in [0.15, 0.2) is 45.6 Å². The molecule has 0 amide bonds. The van der Waals surface area contributed by atoms with Crippen LogP contribution in [0.3, 0.4) is 0 Å². The Hall–Kier alpha value is -2.95. The maximum atomic E-state index is 12.5. The molecule has 0 N–H and O–H groups in total. The molecule has 0 spiro atoms. The third-order valence-electron chi connectivity index (χ3n) is 4.04. The predicted octanol–water partition coefficient (Wildman–Crippen LogP) is 3.51. The van der Waals surface area contributed by atoms with Crippen LogP contribution in [0.1, 0.15) is 5.56 Å². The molecule has 0 atom stereocenters. The third-order valence-corrected chi connectivity index (χ3v) is 4.04. The van der Waals surface area contributed by atoms with Crippen molar-refractivity contribution in [1.29, 1.82) is 0 Å². The summed E-state index contributed by atoms with van der Waals surface area (Å²) in [7, 11) is 1.58. The van der Waals surface area contributed by atoms with Crippen molar-refractivity contribution in [3.05, 3.63) is 52.4 Å². The Balaban J connectivity index is 1.95. The smallest absolute Gasteiger partial charge is 0.344 e. The molecule has 0 aliphatic carbocycles. The van der Waals surface area contributed by atoms with Crippen LogP contribution < -0.4 is 19.8 Å². The van der Waals surface area contributed by atoms with Crippen molar-refractivity contribution in [2.24, 2.45) is 0 Å². The lowest BCUT2D eigenvalue weighted by molar-refractivity contribution is 0.174. The van der Waals surface area contributed by atoms with Gasteiger partial charge < -0.3 is 18.6 Å². The summed E-state index contributed by atoms with van der Waals surface area (Å²) in [6.07, 6.45) is 0. The van der Waals surface area contributed by atoms with Crippen molar-refractivity contribution in [2.75, 3.05) is 13.9 Å². The van der Waals surface area contributed by atoms with Crippen molar-refractivity contribution in [3.8, 4) is 28.4 Å². The summed E-state index contributed by atoms with van der Waals surface area (Å²) in [6.45, 7) is 2.11. The second-order valence-corrected chi connectivity index (χ2v) is 5.32. The van der Waals surface area contributed by atoms with Crippen LogP contribution in [-0.2, 0) is 0 Å². The van der Waals surface area contributed by atoms with Crippen molar-refractivity contribution in [2.45, 2.75) is 6.92 Å². The standard InChI is InChI=1S/C18H14O5/c1-10-13-5-4-12(20-2)8-15(13)23-18(19)17(10)11-3-6-14-16(7-11)22-9-21-14/h3-8H,9H2,1-2H3. The van der Waals surface area contributed by atoms with Crippen LogP contribution in [0, 0.1) is 6.92 Å². The fraction of sp³-hybridized carbons (Fsp3) is 0.167. The average molecular weight is 310 g/mol. The maximum absolute atomic E-state index is 12.5. The van der Waals surface area contributed by atoms with E-state index in [1.54, 1.807) is 25.3 Å². The summed E-state index contributed by atoms with van der Waals surface area (Å²) in [5, 5.41) is 0.873. The number of hydrogen-bond donors (Lipinski definition) is 0. The highest BCUT2D eigenvalue weighted by atomic mass is 16.7. The van der Waals surface area contributed by atoms with Gasteiger partial charge >= 0.3 is 5.63 Å². The van der Waals surface area contributed by atoms with Crippen LogP contribution in [0.25, 0.3) is 22.1 Å². The number of methoxy groups -OCH3 is 1. The van der Waals surface area contributed by atoms with Gasteiger partial charge in [0.25, 0.3) is 0 Å². The highest BCUT2D eigenvalue weighted by Crippen LogP contribution is 2.37. The molecule has 2 heterocycles. The van der Waals surface area contributed by atoms with Gasteiger partial charge in [-0.15, -0.1) is 0 Å². The fourth-order valence-corrected chi connectivity index (χ4v) is 2.85. The monoisotopic (exact) mass is 310 g/mol. The first kappa shape index (κ1) is 13.7. The zero-order valence-corrected chi connectivity index (χ0v) is 12.7. The molecule has 0 saturated carbocycles. The molecular weight excluding hydrogens is 296 g/mol. The highest BCUT2D eigenvalue weighted by molar-refractivity contribution is 5.87. The van der Waals surface area contributed by atoms with E-state index >= 15 is 0 Å². The predicted molar refractivity (Wildman–Crippen MR) is 85.3 cm³/mol. The number of fused-ring (bicyclic) bond motifs is 2. The van der Waals surface area contributed by atoms with Crippen LogP contribution in [0.2, 0.25) is 0 Å². The first-order chi connectivity index (χ1) is 11.2. The lowest BCUT2D eigenvalue weighted by atomic mass is 9.99. The van der Waals surface area contributed by atoms with Gasteiger partial charge in [-0.2, -0.15) is 0 Å². The fourth-order valence-electron chi connectivity index (χ4n) is 2.85. The minimum atomic E-state index is -0.387. The molecule has 4 rings (SSSR count). The van der Waals surface area contributed by atoms with Gasteiger partial charge in [0.05, 0.1) is 12.7 Å². The molecule has 23 heavy (non-hydrogen) atoms. The number of aryl methyl sites for hydroxylation is 1. The van der Waals surface area contributed by atoms with E-state index in [9.17, 15) is 4.79 Å². The summed E-state index contributed by atoms with van der Waals surface area (Å²) >= 11 is 0. The van der Waals surface area contributed by atoms with Gasteiger partial charge in [-0.05, 0) is 42.3 Å². The molecule has 3 aromatic rings. The Morgan fingerprint density at radius 3 is 2.70 bits per heavy atom. The summed E-state index contributed by atoms with van der Waals surface area (Å²) in [5.74, 6) is 1.97. The van der Waals surface area contributed by atoms with Gasteiger partial charge in [0.1, 0.15) is 11.3 Å². The van der Waals surface area contributed by atoms with E-state index in [-0.39, 0.29) is 12.4 Å². The molecule has 5 nitrogen and oxygen atoms in total. The lowest BCUT2D eigenvalue weighted by Crippen LogP contribution is -2.06. The normalized spacial score (nSPS) is 12.6. The average Bonchev–Trinajstić information content (AvgIpc) is 3.02. The van der Waals surface area contributed by atoms with E-state index in [1.165, 1.54) is 0 Å². The first-order valence-corrected chi connectivity index (χ1v) is 7.19. The Morgan fingerprint density at radius 2 is 1.87 bits per heavy atom. The van der Waals surface area contributed by atoms with E-state index < -0.39 is 0 Å². The Morgan fingerprint density at radius 1 is 1.04 bits per heavy atom. The Bertz CT molecular complexity index is 971. The Labute approximate surface area is 132 Å². The molecule has 0 saturated heterocycles. The number of benzene rings is 2. The van der Waals surface area contributed by atoms with Crippen LogP contribution in [0.5, 0.6) is 17.2 Å². The van der Waals surface area contributed by atoms with Crippen LogP contribution in [0.4, 0.5) is 0 Å². The molecule has 5 heteroatoms. The zero-order valence-electron chi connectivity index (χ0n) is 12.7. The maximum Gasteiger partial charge on any atom is 0.344 e. The zero-order chi connectivity index (χ0) is 16.0. The molecule has 1 aliphatic rings. The Kier molecular flexibility index (Phi) is 3.01. The topological polar surface area (TPSA) is 57.9 Å². The van der Waals surface area contributed by atoms with E-state index in [2.05, 4.69) is 0 Å². The molecule has 0 unspecified atom stereocenters. The quantitative estimate of drug-likeness (QED) is 0.678. The van der Waals surface area contributed by atoms with Gasteiger partial charge in [-0.1, -0.05) is 6.07 Å². The summed E-state index contributed by atoms with van der Waals surface area (Å²) in [4.78, 5) is 12.5. The second kappa shape index (κ2) is 5.05. The van der Waals surface area contributed by atoms with Gasteiger partial charge in [0.15, 0.2) is 11.5 Å². The van der Waals surface area contributed by atoms with Crippen molar-refractivity contribution in [1.82, 2.24) is 0 Å². The van der Waals surface area contributed by atoms with E-state index in [1.807, 2.05) is 25.1 Å². The molecule has 0 fully saturated rings. The van der Waals surface area contributed by atoms with Crippen molar-refractivity contribution in [3.63, 3.8) is 0 Å². The minimum absolute atomic E-state index is 0.198. The van der Waals surface area contributed by atoms with Crippen molar-refractivity contribution < 1.29 is 18.6 Å². The number of rotatable bonds is 2. The van der Waals surface area contributed by atoms with Crippen molar-refractivity contribution >= 4 is 11.0 Å². The number of hydrogen-bond acceptors (Lipinski definition) is 5. The molecule has 0 radical (unpaired) electrons. The van der Waals surface area contributed by atoms with Gasteiger partial charge in [-0.3, -0.25) is 0 Å². The SMILES string of the molecule is COc1ccc2c(C)c(-c3ccc4c(c3)OCO4)c(=O)oc2c1. The third kappa shape index (κ3) is 2.12. The van der Waals surface area contributed by atoms with Crippen LogP contribution in [-0.4, -0.2) is 13.9 Å². The second-order valence-electron chi connectivity index (χ2n) is 5.32. The first-order valence-electron chi connectivity index (χ1n) is 7.19. The van der Waals surface area contributed by atoms with Gasteiger partial charge in [0, 0.05) is 11.5 Å². The molecular formula is C18H14O5. The molecule has 1 aliphatic heterocycles. The van der Waals surface area contributed by atoms with E-state index in [4.69, 9.17) is 18.6 Å². The largest absolute Gasteiger partial charge is 0.497 e. The lowest BCUT2D eigenvalue weighted by Gasteiger charge is -2.09. The highest BCUT2D eigenvalue weighted by Gasteiger charge is 2.18. The summed E-state index contributed by atoms with van der Waals surface area (Å²) < 4.78 is 21.4. The molecule has 116 valence electrons.